The summed E-state index contributed by atoms with van der Waals surface area (Å²) in [7, 11) is 0. The van der Waals surface area contributed by atoms with Gasteiger partial charge in [0.2, 0.25) is 5.95 Å². The Balaban J connectivity index is 1.46. The summed E-state index contributed by atoms with van der Waals surface area (Å²) in [4.78, 5) is 13.6. The Kier molecular flexibility index (Phi) is 4.77. The number of imidazole rings is 1. The van der Waals surface area contributed by atoms with Crippen molar-refractivity contribution in [2.75, 3.05) is 5.32 Å². The number of benzene rings is 2. The van der Waals surface area contributed by atoms with Gasteiger partial charge in [-0.1, -0.05) is 30.3 Å². The van der Waals surface area contributed by atoms with Gasteiger partial charge in [-0.3, -0.25) is 0 Å². The number of halogens is 1. The summed E-state index contributed by atoms with van der Waals surface area (Å²) < 4.78 is 16.4. The summed E-state index contributed by atoms with van der Waals surface area (Å²) in [6, 6.07) is 15.5. The summed E-state index contributed by atoms with van der Waals surface area (Å²) in [6.45, 7) is 4.12. The van der Waals surface area contributed by atoms with Crippen molar-refractivity contribution in [3.63, 3.8) is 0 Å². The van der Waals surface area contributed by atoms with E-state index in [-0.39, 0.29) is 11.2 Å². The third-order valence-corrected chi connectivity index (χ3v) is 6.11. The topological polar surface area (TPSA) is 55.6 Å². The first kappa shape index (κ1) is 19.4. The quantitative estimate of drug-likeness (QED) is 0.480. The molecule has 5 rings (SSSR count). The van der Waals surface area contributed by atoms with Crippen LogP contribution in [0, 0.1) is 12.7 Å². The van der Waals surface area contributed by atoms with Crippen LogP contribution in [0.15, 0.2) is 67.3 Å². The number of hydrogen-bond donors (Lipinski definition) is 1. The number of nitrogens with zero attached hydrogens (tertiary/aromatic N) is 4. The van der Waals surface area contributed by atoms with Crippen LogP contribution in [-0.2, 0) is 11.8 Å². The Hall–Kier alpha value is -3.54. The van der Waals surface area contributed by atoms with Crippen LogP contribution in [0.2, 0.25) is 0 Å². The Morgan fingerprint density at radius 1 is 1.10 bits per heavy atom. The SMILES string of the molecule is Cc1cn(-c2ccc(Nc3ncc4c(n3)C(C)(c3ccccc3)CCC4)cc2F)cn1. The third-order valence-electron chi connectivity index (χ3n) is 6.11. The van der Waals surface area contributed by atoms with Crippen molar-refractivity contribution in [2.45, 2.75) is 38.5 Å². The zero-order chi connectivity index (χ0) is 21.4. The number of fused-ring (bicyclic) bond motifs is 1. The number of aryl methyl sites for hydroxylation is 2. The van der Waals surface area contributed by atoms with E-state index < -0.39 is 0 Å². The highest BCUT2D eigenvalue weighted by Gasteiger charge is 2.35. The highest BCUT2D eigenvalue weighted by Crippen LogP contribution is 2.41. The van der Waals surface area contributed by atoms with E-state index in [9.17, 15) is 4.39 Å². The fourth-order valence-corrected chi connectivity index (χ4v) is 4.44. The lowest BCUT2D eigenvalue weighted by atomic mass is 9.70. The van der Waals surface area contributed by atoms with Crippen molar-refractivity contribution in [1.82, 2.24) is 19.5 Å². The van der Waals surface area contributed by atoms with Gasteiger partial charge < -0.3 is 9.88 Å². The molecule has 1 aliphatic rings. The van der Waals surface area contributed by atoms with Gasteiger partial charge in [0, 0.05) is 23.5 Å². The molecule has 0 bridgehead atoms. The molecule has 2 aromatic carbocycles. The number of hydrogen-bond acceptors (Lipinski definition) is 4. The summed E-state index contributed by atoms with van der Waals surface area (Å²) in [6.07, 6.45) is 8.43. The molecule has 2 heterocycles. The van der Waals surface area contributed by atoms with Crippen molar-refractivity contribution in [3.05, 3.63) is 95.6 Å². The summed E-state index contributed by atoms with van der Waals surface area (Å²) in [5.41, 5.74) is 5.22. The first-order valence-electron chi connectivity index (χ1n) is 10.5. The zero-order valence-electron chi connectivity index (χ0n) is 17.6. The normalized spacial score (nSPS) is 17.9. The molecule has 0 saturated heterocycles. The molecule has 0 fully saturated rings. The van der Waals surface area contributed by atoms with Gasteiger partial charge in [-0.15, -0.1) is 0 Å². The number of nitrogens with one attached hydrogen (secondary N) is 1. The molecule has 0 amide bonds. The maximum absolute atomic E-state index is 14.7. The molecule has 1 aliphatic carbocycles. The Morgan fingerprint density at radius 2 is 1.94 bits per heavy atom. The van der Waals surface area contributed by atoms with Crippen molar-refractivity contribution in [2.24, 2.45) is 0 Å². The maximum Gasteiger partial charge on any atom is 0.227 e. The summed E-state index contributed by atoms with van der Waals surface area (Å²) >= 11 is 0. The first-order chi connectivity index (χ1) is 15.0. The van der Waals surface area contributed by atoms with Crippen LogP contribution in [0.3, 0.4) is 0 Å². The van der Waals surface area contributed by atoms with Crippen LogP contribution >= 0.6 is 0 Å². The van der Waals surface area contributed by atoms with E-state index in [1.165, 1.54) is 17.2 Å². The number of aromatic nitrogens is 4. The standard InChI is InChI=1S/C25H24FN5/c1-17-15-31(16-28-17)22-11-10-20(13-21(22)26)29-24-27-14-18-7-6-12-25(2,23(18)30-24)19-8-4-3-5-9-19/h3-5,8-11,13-16H,6-7,12H2,1-2H3,(H,27,29,30). The molecule has 1 N–H and O–H groups in total. The van der Waals surface area contributed by atoms with Gasteiger partial charge in [0.15, 0.2) is 0 Å². The minimum absolute atomic E-state index is 0.164. The fraction of sp³-hybridized carbons (Fsp3) is 0.240. The van der Waals surface area contributed by atoms with Crippen LogP contribution in [-0.4, -0.2) is 19.5 Å². The Bertz CT molecular complexity index is 1230. The minimum Gasteiger partial charge on any atom is -0.324 e. The predicted octanol–water partition coefficient (Wildman–Crippen LogP) is 5.50. The van der Waals surface area contributed by atoms with Crippen LogP contribution < -0.4 is 5.32 Å². The predicted molar refractivity (Wildman–Crippen MR) is 119 cm³/mol. The number of rotatable bonds is 4. The molecule has 0 aliphatic heterocycles. The van der Waals surface area contributed by atoms with E-state index >= 15 is 0 Å². The average molecular weight is 414 g/mol. The average Bonchev–Trinajstić information content (AvgIpc) is 3.21. The molecule has 31 heavy (non-hydrogen) atoms. The monoisotopic (exact) mass is 413 g/mol. The minimum atomic E-state index is -0.338. The number of anilines is 2. The molecule has 2 aromatic heterocycles. The smallest absolute Gasteiger partial charge is 0.227 e. The molecule has 5 nitrogen and oxygen atoms in total. The molecule has 156 valence electrons. The zero-order valence-corrected chi connectivity index (χ0v) is 17.6. The van der Waals surface area contributed by atoms with Gasteiger partial charge in [-0.25, -0.2) is 19.3 Å². The van der Waals surface area contributed by atoms with Crippen molar-refractivity contribution in [3.8, 4) is 5.69 Å². The van der Waals surface area contributed by atoms with Gasteiger partial charge in [0.05, 0.1) is 23.4 Å². The van der Waals surface area contributed by atoms with Gasteiger partial charge in [-0.2, -0.15) is 0 Å². The molecule has 0 spiro atoms. The van der Waals surface area contributed by atoms with E-state index in [4.69, 9.17) is 4.98 Å². The van der Waals surface area contributed by atoms with Gasteiger partial charge >= 0.3 is 0 Å². The van der Waals surface area contributed by atoms with E-state index in [1.807, 2.05) is 25.3 Å². The lowest BCUT2D eigenvalue weighted by Gasteiger charge is -2.35. The molecule has 0 saturated carbocycles. The fourth-order valence-electron chi connectivity index (χ4n) is 4.44. The van der Waals surface area contributed by atoms with Crippen LogP contribution in [0.1, 0.15) is 42.3 Å². The largest absolute Gasteiger partial charge is 0.324 e. The molecule has 1 atom stereocenters. The Labute approximate surface area is 181 Å². The lowest BCUT2D eigenvalue weighted by molar-refractivity contribution is 0.449. The first-order valence-corrected chi connectivity index (χ1v) is 10.5. The highest BCUT2D eigenvalue weighted by molar-refractivity contribution is 5.57. The third kappa shape index (κ3) is 3.58. The Morgan fingerprint density at radius 3 is 2.68 bits per heavy atom. The lowest BCUT2D eigenvalue weighted by Crippen LogP contribution is -2.30. The van der Waals surface area contributed by atoms with Crippen molar-refractivity contribution in [1.29, 1.82) is 0 Å². The highest BCUT2D eigenvalue weighted by atomic mass is 19.1. The van der Waals surface area contributed by atoms with Crippen molar-refractivity contribution < 1.29 is 4.39 Å². The van der Waals surface area contributed by atoms with Crippen LogP contribution in [0.4, 0.5) is 16.0 Å². The molecular weight excluding hydrogens is 389 g/mol. The van der Waals surface area contributed by atoms with Gasteiger partial charge in [0.25, 0.3) is 0 Å². The molecule has 1 unspecified atom stereocenters. The van der Waals surface area contributed by atoms with Crippen molar-refractivity contribution >= 4 is 11.6 Å². The van der Waals surface area contributed by atoms with Crippen LogP contribution in [0.5, 0.6) is 0 Å². The van der Waals surface area contributed by atoms with E-state index in [0.717, 1.165) is 30.7 Å². The summed E-state index contributed by atoms with van der Waals surface area (Å²) in [5.74, 6) is 0.142. The van der Waals surface area contributed by atoms with Gasteiger partial charge in [0.1, 0.15) is 5.82 Å². The molecule has 0 radical (unpaired) electrons. The van der Waals surface area contributed by atoms with Gasteiger partial charge in [-0.05, 0) is 62.4 Å². The second-order valence-electron chi connectivity index (χ2n) is 8.33. The van der Waals surface area contributed by atoms with E-state index in [2.05, 4.69) is 46.5 Å². The maximum atomic E-state index is 14.7. The van der Waals surface area contributed by atoms with E-state index in [0.29, 0.717) is 17.3 Å². The second-order valence-corrected chi connectivity index (χ2v) is 8.33. The molecular formula is C25H24FN5. The van der Waals surface area contributed by atoms with Crippen LogP contribution in [0.25, 0.3) is 5.69 Å². The second kappa shape index (κ2) is 7.61. The summed E-state index contributed by atoms with van der Waals surface area (Å²) in [5, 5.41) is 3.18. The van der Waals surface area contributed by atoms with E-state index in [1.54, 1.807) is 23.2 Å². The molecule has 4 aromatic rings. The molecule has 6 heteroatoms.